The van der Waals surface area contributed by atoms with Crippen LogP contribution in [0.25, 0.3) is 0 Å². The number of nitrogen functional groups attached to an aromatic ring is 1. The fourth-order valence-electron chi connectivity index (χ4n) is 2.52. The molecule has 1 amide bonds. The number of amides is 1. The molecule has 2 atom stereocenters. The quantitative estimate of drug-likeness (QED) is 0.881. The molecule has 0 spiro atoms. The van der Waals surface area contributed by atoms with E-state index in [-0.39, 0.29) is 18.1 Å². The third-order valence-electron chi connectivity index (χ3n) is 3.49. The molecular formula is C15H23N3O2. The number of hydrogen-bond acceptors (Lipinski definition) is 4. The van der Waals surface area contributed by atoms with Crippen LogP contribution in [0.4, 0.5) is 5.82 Å². The van der Waals surface area contributed by atoms with Crippen molar-refractivity contribution in [1.29, 1.82) is 0 Å². The van der Waals surface area contributed by atoms with Crippen LogP contribution in [0.15, 0.2) is 12.1 Å². The molecule has 1 aromatic rings. The maximum Gasteiger partial charge on any atom is 0.251 e. The molecule has 1 aromatic heterocycles. The molecule has 3 N–H and O–H groups in total. The highest BCUT2D eigenvalue weighted by Crippen LogP contribution is 2.15. The molecule has 20 heavy (non-hydrogen) atoms. The van der Waals surface area contributed by atoms with Crippen LogP contribution in [0.1, 0.15) is 49.2 Å². The van der Waals surface area contributed by atoms with Gasteiger partial charge in [-0.2, -0.15) is 0 Å². The molecule has 110 valence electrons. The predicted octanol–water partition coefficient (Wildman–Crippen LogP) is 1.91. The number of pyridine rings is 1. The molecule has 2 heterocycles. The van der Waals surface area contributed by atoms with Crippen molar-refractivity contribution in [3.63, 3.8) is 0 Å². The zero-order chi connectivity index (χ0) is 14.5. The van der Waals surface area contributed by atoms with E-state index < -0.39 is 0 Å². The number of nitrogens with one attached hydrogen (secondary N) is 1. The minimum atomic E-state index is -0.0736. The highest BCUT2D eigenvalue weighted by molar-refractivity contribution is 5.95. The van der Waals surface area contributed by atoms with Crippen molar-refractivity contribution in [2.45, 2.75) is 51.7 Å². The van der Waals surface area contributed by atoms with Crippen LogP contribution in [-0.2, 0) is 11.2 Å². The lowest BCUT2D eigenvalue weighted by molar-refractivity contribution is 0.0136. The number of ether oxygens (including phenoxy) is 1. The Bertz CT molecular complexity index is 476. The molecule has 0 aromatic carbocycles. The number of carbonyl (C=O) groups excluding carboxylic acids is 1. The highest BCUT2D eigenvalue weighted by atomic mass is 16.5. The Hall–Kier alpha value is -1.62. The van der Waals surface area contributed by atoms with Gasteiger partial charge in [-0.1, -0.05) is 13.3 Å². The van der Waals surface area contributed by atoms with Crippen LogP contribution in [0, 0.1) is 0 Å². The number of rotatable bonds is 4. The van der Waals surface area contributed by atoms with E-state index in [1.807, 2.05) is 13.0 Å². The van der Waals surface area contributed by atoms with Crippen molar-refractivity contribution in [1.82, 2.24) is 10.3 Å². The van der Waals surface area contributed by atoms with Crippen molar-refractivity contribution in [2.24, 2.45) is 0 Å². The summed E-state index contributed by atoms with van der Waals surface area (Å²) in [5, 5.41) is 3.06. The predicted molar refractivity (Wildman–Crippen MR) is 78.5 cm³/mol. The molecule has 5 nitrogen and oxygen atoms in total. The second-order valence-electron chi connectivity index (χ2n) is 5.40. The number of aromatic nitrogens is 1. The normalized spacial score (nSPS) is 22.5. The first-order chi connectivity index (χ1) is 9.58. The zero-order valence-corrected chi connectivity index (χ0v) is 12.2. The lowest BCUT2D eigenvalue weighted by Gasteiger charge is -2.28. The number of anilines is 1. The number of carbonyl (C=O) groups is 1. The van der Waals surface area contributed by atoms with Crippen LogP contribution in [-0.4, -0.2) is 29.6 Å². The zero-order valence-electron chi connectivity index (χ0n) is 12.2. The van der Waals surface area contributed by atoms with Gasteiger partial charge >= 0.3 is 0 Å². The number of nitrogens with two attached hydrogens (primary N) is 1. The standard InChI is InChI=1S/C15H23N3O2/c1-3-4-12-8-11(9-14(16)17-12)15(19)18-13-5-6-20-10(2)7-13/h8-10,13H,3-7H2,1-2H3,(H2,16,17)(H,18,19). The van der Waals surface area contributed by atoms with E-state index in [2.05, 4.69) is 17.2 Å². The molecule has 1 aliphatic rings. The van der Waals surface area contributed by atoms with Crippen LogP contribution in [0.3, 0.4) is 0 Å². The minimum absolute atomic E-state index is 0.0736. The molecule has 2 unspecified atom stereocenters. The molecule has 1 fully saturated rings. The highest BCUT2D eigenvalue weighted by Gasteiger charge is 2.21. The monoisotopic (exact) mass is 277 g/mol. The Kier molecular flexibility index (Phi) is 4.95. The maximum atomic E-state index is 12.3. The summed E-state index contributed by atoms with van der Waals surface area (Å²) in [6, 6.07) is 3.64. The van der Waals surface area contributed by atoms with Gasteiger partial charge in [0.2, 0.25) is 0 Å². The molecule has 2 rings (SSSR count). The van der Waals surface area contributed by atoms with Gasteiger partial charge in [-0.25, -0.2) is 4.98 Å². The average molecular weight is 277 g/mol. The second kappa shape index (κ2) is 6.70. The third kappa shape index (κ3) is 3.93. The van der Waals surface area contributed by atoms with Crippen LogP contribution < -0.4 is 11.1 Å². The summed E-state index contributed by atoms with van der Waals surface area (Å²) in [6.07, 6.45) is 3.73. The fourth-order valence-corrected chi connectivity index (χ4v) is 2.52. The topological polar surface area (TPSA) is 77.2 Å². The number of aryl methyl sites for hydroxylation is 1. The third-order valence-corrected chi connectivity index (χ3v) is 3.49. The lowest BCUT2D eigenvalue weighted by Crippen LogP contribution is -2.41. The molecule has 0 bridgehead atoms. The van der Waals surface area contributed by atoms with Gasteiger partial charge in [0, 0.05) is 23.9 Å². The summed E-state index contributed by atoms with van der Waals surface area (Å²) >= 11 is 0. The van der Waals surface area contributed by atoms with Crippen LogP contribution in [0.5, 0.6) is 0 Å². The summed E-state index contributed by atoms with van der Waals surface area (Å²) < 4.78 is 5.48. The number of nitrogens with zero attached hydrogens (tertiary/aromatic N) is 1. The Morgan fingerprint density at radius 3 is 3.05 bits per heavy atom. The molecule has 1 saturated heterocycles. The average Bonchev–Trinajstić information content (AvgIpc) is 2.38. The van der Waals surface area contributed by atoms with Crippen LogP contribution in [0.2, 0.25) is 0 Å². The van der Waals surface area contributed by atoms with Gasteiger partial charge < -0.3 is 15.8 Å². The Balaban J connectivity index is 2.04. The Morgan fingerprint density at radius 1 is 1.55 bits per heavy atom. The van der Waals surface area contributed by atoms with Crippen molar-refractivity contribution in [3.05, 3.63) is 23.4 Å². The first-order valence-electron chi connectivity index (χ1n) is 7.27. The van der Waals surface area contributed by atoms with E-state index in [1.54, 1.807) is 6.07 Å². The second-order valence-corrected chi connectivity index (χ2v) is 5.40. The van der Waals surface area contributed by atoms with Gasteiger partial charge in [0.05, 0.1) is 6.10 Å². The summed E-state index contributed by atoms with van der Waals surface area (Å²) in [5.41, 5.74) is 7.24. The SMILES string of the molecule is CCCc1cc(C(=O)NC2CCOC(C)C2)cc(N)n1. The van der Waals surface area contributed by atoms with E-state index >= 15 is 0 Å². The van der Waals surface area contributed by atoms with Gasteiger partial charge in [-0.3, -0.25) is 4.79 Å². The van der Waals surface area contributed by atoms with Crippen molar-refractivity contribution >= 4 is 11.7 Å². The largest absolute Gasteiger partial charge is 0.384 e. The van der Waals surface area contributed by atoms with Gasteiger partial charge in [-0.05, 0) is 38.3 Å². The minimum Gasteiger partial charge on any atom is -0.384 e. The molecule has 5 heteroatoms. The fraction of sp³-hybridized carbons (Fsp3) is 0.600. The van der Waals surface area contributed by atoms with E-state index in [0.717, 1.165) is 31.4 Å². The number of hydrogen-bond donors (Lipinski definition) is 2. The molecular weight excluding hydrogens is 254 g/mol. The Labute approximate surface area is 119 Å². The van der Waals surface area contributed by atoms with Gasteiger partial charge in [0.1, 0.15) is 5.82 Å². The van der Waals surface area contributed by atoms with Crippen molar-refractivity contribution in [3.8, 4) is 0 Å². The summed E-state index contributed by atoms with van der Waals surface area (Å²) in [6.45, 7) is 4.81. The van der Waals surface area contributed by atoms with Crippen LogP contribution >= 0.6 is 0 Å². The summed E-state index contributed by atoms with van der Waals surface area (Å²) in [7, 11) is 0. The molecule has 1 aliphatic heterocycles. The maximum absolute atomic E-state index is 12.3. The molecule has 0 aliphatic carbocycles. The smallest absolute Gasteiger partial charge is 0.251 e. The van der Waals surface area contributed by atoms with Crippen molar-refractivity contribution < 1.29 is 9.53 Å². The van der Waals surface area contributed by atoms with E-state index in [9.17, 15) is 4.79 Å². The van der Waals surface area contributed by atoms with E-state index in [4.69, 9.17) is 10.5 Å². The summed E-state index contributed by atoms with van der Waals surface area (Å²) in [4.78, 5) is 16.5. The van der Waals surface area contributed by atoms with Gasteiger partial charge in [0.15, 0.2) is 0 Å². The lowest BCUT2D eigenvalue weighted by atomic mass is 10.0. The Morgan fingerprint density at radius 2 is 2.35 bits per heavy atom. The first kappa shape index (κ1) is 14.8. The molecule has 0 saturated carbocycles. The van der Waals surface area contributed by atoms with Gasteiger partial charge in [-0.15, -0.1) is 0 Å². The van der Waals surface area contributed by atoms with E-state index in [1.165, 1.54) is 0 Å². The summed E-state index contributed by atoms with van der Waals surface area (Å²) in [5.74, 6) is 0.331. The molecule has 0 radical (unpaired) electrons. The first-order valence-corrected chi connectivity index (χ1v) is 7.27. The van der Waals surface area contributed by atoms with Gasteiger partial charge in [0.25, 0.3) is 5.91 Å². The van der Waals surface area contributed by atoms with Crippen molar-refractivity contribution in [2.75, 3.05) is 12.3 Å². The van der Waals surface area contributed by atoms with E-state index in [0.29, 0.717) is 18.0 Å².